The molecule has 0 spiro atoms. The maximum Gasteiger partial charge on any atom is 0.0234 e. The quantitative estimate of drug-likeness (QED) is 0.916. The fourth-order valence-corrected chi connectivity index (χ4v) is 3.86. The van der Waals surface area contributed by atoms with Crippen LogP contribution in [-0.2, 0) is 6.54 Å². The molecule has 2 fully saturated rings. The Balaban J connectivity index is 1.46. The normalized spacial score (nSPS) is 31.6. The van der Waals surface area contributed by atoms with Crippen molar-refractivity contribution in [2.45, 2.75) is 38.4 Å². The van der Waals surface area contributed by atoms with Crippen LogP contribution in [0.1, 0.15) is 25.3 Å². The second kappa shape index (κ2) is 6.91. The van der Waals surface area contributed by atoms with E-state index in [2.05, 4.69) is 59.4 Å². The van der Waals surface area contributed by atoms with Gasteiger partial charge in [-0.15, -0.1) is 0 Å². The molecule has 3 nitrogen and oxygen atoms in total. The lowest BCUT2D eigenvalue weighted by Gasteiger charge is -2.37. The van der Waals surface area contributed by atoms with Crippen LogP contribution in [0.4, 0.5) is 0 Å². The lowest BCUT2D eigenvalue weighted by molar-refractivity contribution is 0.165. The van der Waals surface area contributed by atoms with Gasteiger partial charge in [-0.1, -0.05) is 37.3 Å². The number of nitrogens with one attached hydrogen (secondary N) is 1. The molecule has 0 amide bonds. The first-order valence-electron chi connectivity index (χ1n) is 8.41. The van der Waals surface area contributed by atoms with Crippen LogP contribution in [0.2, 0.25) is 0 Å². The van der Waals surface area contributed by atoms with E-state index in [9.17, 15) is 0 Å². The van der Waals surface area contributed by atoms with Crippen LogP contribution in [0.3, 0.4) is 0 Å². The van der Waals surface area contributed by atoms with Crippen LogP contribution in [0.15, 0.2) is 30.3 Å². The Bertz CT molecular complexity index is 433. The molecule has 1 N–H and O–H groups in total. The Morgan fingerprint density at radius 2 is 1.90 bits per heavy atom. The summed E-state index contributed by atoms with van der Waals surface area (Å²) >= 11 is 0. The van der Waals surface area contributed by atoms with Crippen molar-refractivity contribution in [2.75, 3.05) is 33.2 Å². The standard InChI is InChI=1S/C18H29N3/c1-15-12-20(2)10-9-18(15)19-17-8-11-21(14-17)13-16-6-4-3-5-7-16/h3-7,15,17-19H,8-14H2,1-2H3. The minimum Gasteiger partial charge on any atom is -0.310 e. The number of hydrogen-bond donors (Lipinski definition) is 1. The SMILES string of the molecule is CC1CN(C)CCC1NC1CCN(Cc2ccccc2)C1. The molecule has 0 saturated carbocycles. The van der Waals surface area contributed by atoms with E-state index in [0.29, 0.717) is 12.1 Å². The van der Waals surface area contributed by atoms with E-state index in [4.69, 9.17) is 0 Å². The third-order valence-corrected chi connectivity index (χ3v) is 5.08. The van der Waals surface area contributed by atoms with Crippen LogP contribution >= 0.6 is 0 Å². The Morgan fingerprint density at radius 3 is 2.67 bits per heavy atom. The van der Waals surface area contributed by atoms with E-state index < -0.39 is 0 Å². The largest absolute Gasteiger partial charge is 0.310 e. The number of benzene rings is 1. The highest BCUT2D eigenvalue weighted by molar-refractivity contribution is 5.14. The molecule has 2 aliphatic rings. The lowest BCUT2D eigenvalue weighted by Crippen LogP contribution is -2.50. The van der Waals surface area contributed by atoms with Gasteiger partial charge in [0.15, 0.2) is 0 Å². The predicted molar refractivity (Wildman–Crippen MR) is 88.3 cm³/mol. The molecular formula is C18H29N3. The lowest BCUT2D eigenvalue weighted by atomic mass is 9.93. The van der Waals surface area contributed by atoms with Gasteiger partial charge in [0.1, 0.15) is 0 Å². The second-order valence-electron chi connectivity index (χ2n) is 7.01. The number of hydrogen-bond acceptors (Lipinski definition) is 3. The van der Waals surface area contributed by atoms with Crippen LogP contribution in [0.5, 0.6) is 0 Å². The number of piperidine rings is 1. The van der Waals surface area contributed by atoms with Crippen molar-refractivity contribution >= 4 is 0 Å². The number of likely N-dealkylation sites (tertiary alicyclic amines) is 2. The van der Waals surface area contributed by atoms with Crippen molar-refractivity contribution in [3.63, 3.8) is 0 Å². The highest BCUT2D eigenvalue weighted by atomic mass is 15.2. The summed E-state index contributed by atoms with van der Waals surface area (Å²) in [5.74, 6) is 0.770. The predicted octanol–water partition coefficient (Wildman–Crippen LogP) is 2.19. The van der Waals surface area contributed by atoms with E-state index in [1.807, 2.05) is 0 Å². The molecule has 116 valence electrons. The summed E-state index contributed by atoms with van der Waals surface area (Å²) in [7, 11) is 2.24. The average molecular weight is 287 g/mol. The smallest absolute Gasteiger partial charge is 0.0234 e. The molecule has 2 aliphatic heterocycles. The van der Waals surface area contributed by atoms with Gasteiger partial charge in [-0.05, 0) is 37.9 Å². The van der Waals surface area contributed by atoms with Crippen molar-refractivity contribution in [3.05, 3.63) is 35.9 Å². The molecule has 0 aromatic heterocycles. The zero-order valence-electron chi connectivity index (χ0n) is 13.5. The number of nitrogens with zero attached hydrogens (tertiary/aromatic N) is 2. The summed E-state index contributed by atoms with van der Waals surface area (Å²) in [6.45, 7) is 8.40. The molecule has 0 bridgehead atoms. The first kappa shape index (κ1) is 15.0. The van der Waals surface area contributed by atoms with Crippen LogP contribution in [0, 0.1) is 5.92 Å². The zero-order chi connectivity index (χ0) is 14.7. The van der Waals surface area contributed by atoms with Crippen molar-refractivity contribution in [1.82, 2.24) is 15.1 Å². The fourth-order valence-electron chi connectivity index (χ4n) is 3.86. The average Bonchev–Trinajstić information content (AvgIpc) is 2.90. The van der Waals surface area contributed by atoms with Gasteiger partial charge in [0.05, 0.1) is 0 Å². The van der Waals surface area contributed by atoms with Gasteiger partial charge < -0.3 is 10.2 Å². The minimum absolute atomic E-state index is 0.685. The summed E-state index contributed by atoms with van der Waals surface area (Å²) in [6.07, 6.45) is 2.60. The van der Waals surface area contributed by atoms with Crippen molar-refractivity contribution in [2.24, 2.45) is 5.92 Å². The van der Waals surface area contributed by atoms with Crippen LogP contribution < -0.4 is 5.32 Å². The fraction of sp³-hybridized carbons (Fsp3) is 0.667. The van der Waals surface area contributed by atoms with Crippen molar-refractivity contribution in [3.8, 4) is 0 Å². The molecule has 2 heterocycles. The van der Waals surface area contributed by atoms with Crippen molar-refractivity contribution in [1.29, 1.82) is 0 Å². The molecule has 3 rings (SSSR count). The maximum absolute atomic E-state index is 3.94. The highest BCUT2D eigenvalue weighted by Gasteiger charge is 2.29. The van der Waals surface area contributed by atoms with Gasteiger partial charge in [-0.25, -0.2) is 0 Å². The molecule has 1 aromatic carbocycles. The number of rotatable bonds is 4. The van der Waals surface area contributed by atoms with E-state index in [0.717, 1.165) is 12.5 Å². The molecule has 3 unspecified atom stereocenters. The van der Waals surface area contributed by atoms with Gasteiger partial charge in [0.2, 0.25) is 0 Å². The van der Waals surface area contributed by atoms with E-state index >= 15 is 0 Å². The maximum atomic E-state index is 3.94. The molecule has 2 saturated heterocycles. The summed E-state index contributed by atoms with van der Waals surface area (Å²) in [6, 6.07) is 12.2. The van der Waals surface area contributed by atoms with Crippen molar-refractivity contribution < 1.29 is 0 Å². The summed E-state index contributed by atoms with van der Waals surface area (Å²) in [5, 5.41) is 3.94. The van der Waals surface area contributed by atoms with E-state index in [1.54, 1.807) is 0 Å². The third kappa shape index (κ3) is 4.06. The molecule has 0 aliphatic carbocycles. The highest BCUT2D eigenvalue weighted by Crippen LogP contribution is 2.19. The minimum atomic E-state index is 0.685. The third-order valence-electron chi connectivity index (χ3n) is 5.08. The van der Waals surface area contributed by atoms with Crippen LogP contribution in [-0.4, -0.2) is 55.1 Å². The summed E-state index contributed by atoms with van der Waals surface area (Å²) < 4.78 is 0. The van der Waals surface area contributed by atoms with E-state index in [1.165, 1.54) is 44.6 Å². The molecular weight excluding hydrogens is 258 g/mol. The Kier molecular flexibility index (Phi) is 4.94. The Labute approximate surface area is 129 Å². The second-order valence-corrected chi connectivity index (χ2v) is 7.01. The van der Waals surface area contributed by atoms with Gasteiger partial charge in [-0.2, -0.15) is 0 Å². The summed E-state index contributed by atoms with van der Waals surface area (Å²) in [5.41, 5.74) is 1.44. The topological polar surface area (TPSA) is 18.5 Å². The van der Waals surface area contributed by atoms with Gasteiger partial charge >= 0.3 is 0 Å². The Morgan fingerprint density at radius 1 is 1.10 bits per heavy atom. The molecule has 1 aromatic rings. The van der Waals surface area contributed by atoms with Crippen LogP contribution in [0.25, 0.3) is 0 Å². The first-order valence-corrected chi connectivity index (χ1v) is 8.41. The zero-order valence-corrected chi connectivity index (χ0v) is 13.5. The van der Waals surface area contributed by atoms with E-state index in [-0.39, 0.29) is 0 Å². The van der Waals surface area contributed by atoms with Gasteiger partial charge in [-0.3, -0.25) is 4.90 Å². The monoisotopic (exact) mass is 287 g/mol. The van der Waals surface area contributed by atoms with Gasteiger partial charge in [0.25, 0.3) is 0 Å². The Hall–Kier alpha value is -0.900. The molecule has 21 heavy (non-hydrogen) atoms. The molecule has 3 heteroatoms. The molecule has 3 atom stereocenters. The first-order chi connectivity index (χ1) is 10.2. The molecule has 0 radical (unpaired) electrons. The summed E-state index contributed by atoms with van der Waals surface area (Å²) in [4.78, 5) is 5.05. The van der Waals surface area contributed by atoms with Gasteiger partial charge in [0, 0.05) is 38.3 Å².